The zero-order chi connectivity index (χ0) is 17.6. The summed E-state index contributed by atoms with van der Waals surface area (Å²) >= 11 is 0. The minimum Gasteiger partial charge on any atom is -0.335 e. The Morgan fingerprint density at radius 2 is 1.76 bits per heavy atom. The number of rotatable bonds is 6. The highest BCUT2D eigenvalue weighted by Crippen LogP contribution is 2.24. The van der Waals surface area contributed by atoms with Crippen molar-refractivity contribution in [2.24, 2.45) is 0 Å². The number of amides is 2. The molecule has 0 unspecified atom stereocenters. The quantitative estimate of drug-likeness (QED) is 0.651. The normalized spacial score (nSPS) is 16.5. The molecule has 1 heterocycles. The molecule has 0 bridgehead atoms. The summed E-state index contributed by atoms with van der Waals surface area (Å²) in [6.45, 7) is 0.667. The molecule has 1 fully saturated rings. The van der Waals surface area contributed by atoms with Gasteiger partial charge in [0.15, 0.2) is 5.78 Å². The number of Topliss-reactive ketones (excluding diaryl/α,β-unsaturated/α-hetero) is 1. The number of carbonyl (C=O) groups is 3. The molecule has 2 aromatic rings. The van der Waals surface area contributed by atoms with Crippen LogP contribution in [0.3, 0.4) is 0 Å². The first-order valence-corrected chi connectivity index (χ1v) is 8.38. The van der Waals surface area contributed by atoms with E-state index in [4.69, 9.17) is 0 Å². The average molecular weight is 336 g/mol. The van der Waals surface area contributed by atoms with Crippen LogP contribution in [0.4, 0.5) is 5.69 Å². The van der Waals surface area contributed by atoms with Gasteiger partial charge in [-0.3, -0.25) is 14.4 Å². The molecule has 5 nitrogen and oxygen atoms in total. The Labute approximate surface area is 146 Å². The van der Waals surface area contributed by atoms with Gasteiger partial charge in [0, 0.05) is 35.8 Å². The predicted octanol–water partition coefficient (Wildman–Crippen LogP) is 3.13. The van der Waals surface area contributed by atoms with Gasteiger partial charge in [-0.05, 0) is 37.1 Å². The lowest BCUT2D eigenvalue weighted by Gasteiger charge is -2.24. The number of nitrogens with one attached hydrogen (secondary N) is 1. The van der Waals surface area contributed by atoms with Crippen LogP contribution in [0.2, 0.25) is 0 Å². The smallest absolute Gasteiger partial charge is 0.254 e. The lowest BCUT2D eigenvalue weighted by Crippen LogP contribution is -2.36. The van der Waals surface area contributed by atoms with Gasteiger partial charge in [-0.2, -0.15) is 0 Å². The molecule has 0 saturated carbocycles. The molecule has 1 aliphatic heterocycles. The third-order valence-corrected chi connectivity index (χ3v) is 4.51. The second-order valence-electron chi connectivity index (χ2n) is 6.13. The highest BCUT2D eigenvalue weighted by molar-refractivity contribution is 5.98. The molecule has 0 spiro atoms. The first-order chi connectivity index (χ1) is 12.2. The molecule has 1 saturated heterocycles. The number of anilines is 1. The van der Waals surface area contributed by atoms with Crippen LogP contribution >= 0.6 is 0 Å². The molecular formula is C20H20N2O3. The monoisotopic (exact) mass is 336 g/mol. The lowest BCUT2D eigenvalue weighted by molar-refractivity contribution is -0.105. The van der Waals surface area contributed by atoms with Crippen LogP contribution in [-0.2, 0) is 4.79 Å². The van der Waals surface area contributed by atoms with E-state index in [-0.39, 0.29) is 17.7 Å². The minimum absolute atomic E-state index is 0.0621. The fourth-order valence-electron chi connectivity index (χ4n) is 3.21. The van der Waals surface area contributed by atoms with E-state index in [1.54, 1.807) is 29.2 Å². The molecule has 0 radical (unpaired) electrons. The van der Waals surface area contributed by atoms with E-state index in [0.717, 1.165) is 12.8 Å². The Hall–Kier alpha value is -2.95. The summed E-state index contributed by atoms with van der Waals surface area (Å²) in [5.74, 6) is -0.00292. The van der Waals surface area contributed by atoms with Crippen LogP contribution in [0.5, 0.6) is 0 Å². The first kappa shape index (κ1) is 16.9. The van der Waals surface area contributed by atoms with Gasteiger partial charge in [0.2, 0.25) is 6.41 Å². The summed E-state index contributed by atoms with van der Waals surface area (Å²) in [7, 11) is 0. The Morgan fingerprint density at radius 3 is 2.44 bits per heavy atom. The van der Waals surface area contributed by atoms with Crippen LogP contribution in [0.15, 0.2) is 54.6 Å². The maximum atomic E-state index is 12.8. The van der Waals surface area contributed by atoms with Crippen molar-refractivity contribution < 1.29 is 14.4 Å². The highest BCUT2D eigenvalue weighted by Gasteiger charge is 2.31. The Balaban J connectivity index is 1.69. The molecule has 2 amide bonds. The number of carbonyl (C=O) groups excluding carboxylic acids is 3. The number of ketones is 1. The van der Waals surface area contributed by atoms with Gasteiger partial charge in [0.1, 0.15) is 0 Å². The van der Waals surface area contributed by atoms with Crippen LogP contribution in [0, 0.1) is 0 Å². The predicted molar refractivity (Wildman–Crippen MR) is 95.6 cm³/mol. The van der Waals surface area contributed by atoms with Gasteiger partial charge in [-0.1, -0.05) is 30.3 Å². The molecule has 1 aliphatic rings. The Kier molecular flexibility index (Phi) is 5.23. The molecule has 25 heavy (non-hydrogen) atoms. The minimum atomic E-state index is -0.0685. The second kappa shape index (κ2) is 7.75. The topological polar surface area (TPSA) is 66.5 Å². The van der Waals surface area contributed by atoms with Crippen LogP contribution < -0.4 is 5.32 Å². The molecule has 2 aromatic carbocycles. The fraction of sp³-hybridized carbons (Fsp3) is 0.250. The molecular weight excluding hydrogens is 316 g/mol. The van der Waals surface area contributed by atoms with Crippen molar-refractivity contribution in [3.63, 3.8) is 0 Å². The van der Waals surface area contributed by atoms with E-state index < -0.39 is 0 Å². The number of benzene rings is 2. The van der Waals surface area contributed by atoms with Gasteiger partial charge in [-0.25, -0.2) is 0 Å². The number of likely N-dealkylation sites (tertiary alicyclic amines) is 1. The molecule has 3 rings (SSSR count). The fourth-order valence-corrected chi connectivity index (χ4v) is 3.21. The van der Waals surface area contributed by atoms with Crippen molar-refractivity contribution >= 4 is 23.8 Å². The van der Waals surface area contributed by atoms with E-state index in [1.165, 1.54) is 0 Å². The zero-order valence-corrected chi connectivity index (χ0v) is 13.9. The van der Waals surface area contributed by atoms with Crippen molar-refractivity contribution in [2.45, 2.75) is 25.3 Å². The van der Waals surface area contributed by atoms with Crippen molar-refractivity contribution in [1.29, 1.82) is 0 Å². The molecule has 5 heteroatoms. The highest BCUT2D eigenvalue weighted by atomic mass is 16.2. The van der Waals surface area contributed by atoms with Crippen molar-refractivity contribution in [1.82, 2.24) is 4.90 Å². The van der Waals surface area contributed by atoms with Gasteiger partial charge < -0.3 is 10.2 Å². The van der Waals surface area contributed by atoms with E-state index in [2.05, 4.69) is 5.32 Å². The summed E-state index contributed by atoms with van der Waals surface area (Å²) in [4.78, 5) is 37.5. The third kappa shape index (κ3) is 3.94. The maximum Gasteiger partial charge on any atom is 0.254 e. The number of nitrogens with zero attached hydrogens (tertiary/aromatic N) is 1. The Morgan fingerprint density at radius 1 is 1.04 bits per heavy atom. The van der Waals surface area contributed by atoms with Crippen LogP contribution in [-0.4, -0.2) is 35.6 Å². The first-order valence-electron chi connectivity index (χ1n) is 8.38. The molecule has 1 N–H and O–H groups in total. The van der Waals surface area contributed by atoms with Crippen molar-refractivity contribution in [3.8, 4) is 0 Å². The Bertz CT molecular complexity index is 756. The SMILES string of the molecule is O=CNc1ccc(C(=O)N2CCC[C@H]2CC(=O)c2ccccc2)cc1. The number of hydrogen-bond donors (Lipinski definition) is 1. The molecule has 0 aliphatic carbocycles. The van der Waals surface area contributed by atoms with E-state index in [0.29, 0.717) is 36.2 Å². The molecule has 1 atom stereocenters. The maximum absolute atomic E-state index is 12.8. The molecule has 0 aromatic heterocycles. The number of hydrogen-bond acceptors (Lipinski definition) is 3. The summed E-state index contributed by atoms with van der Waals surface area (Å²) in [6, 6.07) is 15.9. The second-order valence-corrected chi connectivity index (χ2v) is 6.13. The molecule has 128 valence electrons. The summed E-state index contributed by atoms with van der Waals surface area (Å²) < 4.78 is 0. The summed E-state index contributed by atoms with van der Waals surface area (Å²) in [5.41, 5.74) is 1.89. The van der Waals surface area contributed by atoms with Gasteiger partial charge in [0.05, 0.1) is 0 Å². The van der Waals surface area contributed by atoms with Gasteiger partial charge in [-0.15, -0.1) is 0 Å². The van der Waals surface area contributed by atoms with Gasteiger partial charge >= 0.3 is 0 Å². The van der Waals surface area contributed by atoms with E-state index in [1.807, 2.05) is 30.3 Å². The average Bonchev–Trinajstić information content (AvgIpc) is 3.11. The largest absolute Gasteiger partial charge is 0.335 e. The van der Waals surface area contributed by atoms with Crippen LogP contribution in [0.25, 0.3) is 0 Å². The van der Waals surface area contributed by atoms with E-state index in [9.17, 15) is 14.4 Å². The van der Waals surface area contributed by atoms with Gasteiger partial charge in [0.25, 0.3) is 5.91 Å². The zero-order valence-electron chi connectivity index (χ0n) is 13.9. The van der Waals surface area contributed by atoms with Crippen molar-refractivity contribution in [2.75, 3.05) is 11.9 Å². The third-order valence-electron chi connectivity index (χ3n) is 4.51. The summed E-state index contributed by atoms with van der Waals surface area (Å²) in [5, 5.41) is 2.55. The van der Waals surface area contributed by atoms with Crippen LogP contribution in [0.1, 0.15) is 40.0 Å². The van der Waals surface area contributed by atoms with Crippen molar-refractivity contribution in [3.05, 3.63) is 65.7 Å². The lowest BCUT2D eigenvalue weighted by atomic mass is 10.0. The van der Waals surface area contributed by atoms with E-state index >= 15 is 0 Å². The standard InChI is InChI=1S/C20H20N2O3/c23-14-21-17-10-8-16(9-11-17)20(25)22-12-4-7-18(22)13-19(24)15-5-2-1-3-6-15/h1-3,5-6,8-11,14,18H,4,7,12-13H2,(H,21,23)/t18-/m0/s1. The summed E-state index contributed by atoms with van der Waals surface area (Å²) in [6.07, 6.45) is 2.70.